The SMILES string of the molecule is O=S(=O)(N(C/C=C/C1CCCCC1)c1ccccc1)C(F)(F)F. The van der Waals surface area contributed by atoms with Gasteiger partial charge < -0.3 is 0 Å². The first-order chi connectivity index (χ1) is 10.8. The number of para-hydroxylation sites is 1. The van der Waals surface area contributed by atoms with Crippen molar-refractivity contribution in [2.75, 3.05) is 10.8 Å². The maximum absolute atomic E-state index is 12.9. The summed E-state index contributed by atoms with van der Waals surface area (Å²) >= 11 is 0. The third-order valence-electron chi connectivity index (χ3n) is 3.96. The Kier molecular flexibility index (Phi) is 5.73. The summed E-state index contributed by atoms with van der Waals surface area (Å²) in [6.45, 7) is -0.317. The Morgan fingerprint density at radius 3 is 2.26 bits per heavy atom. The minimum Gasteiger partial charge on any atom is -0.259 e. The highest BCUT2D eigenvalue weighted by atomic mass is 32.2. The fourth-order valence-corrected chi connectivity index (χ4v) is 3.67. The molecule has 0 heterocycles. The van der Waals surface area contributed by atoms with E-state index < -0.39 is 15.5 Å². The van der Waals surface area contributed by atoms with Crippen LogP contribution in [0.4, 0.5) is 18.9 Å². The number of benzene rings is 1. The number of anilines is 1. The summed E-state index contributed by atoms with van der Waals surface area (Å²) < 4.78 is 62.7. The summed E-state index contributed by atoms with van der Waals surface area (Å²) in [4.78, 5) is 0. The lowest BCUT2D eigenvalue weighted by Gasteiger charge is -2.24. The maximum atomic E-state index is 12.9. The van der Waals surface area contributed by atoms with Crippen molar-refractivity contribution in [3.8, 4) is 0 Å². The predicted octanol–water partition coefficient (Wildman–Crippen LogP) is 4.48. The topological polar surface area (TPSA) is 37.4 Å². The molecule has 7 heteroatoms. The summed E-state index contributed by atoms with van der Waals surface area (Å²) in [7, 11) is -5.41. The number of halogens is 3. The van der Waals surface area contributed by atoms with Crippen molar-refractivity contribution in [2.24, 2.45) is 5.92 Å². The average Bonchev–Trinajstić information content (AvgIpc) is 2.52. The van der Waals surface area contributed by atoms with E-state index in [4.69, 9.17) is 0 Å². The molecule has 0 amide bonds. The van der Waals surface area contributed by atoms with Gasteiger partial charge in [-0.2, -0.15) is 21.6 Å². The van der Waals surface area contributed by atoms with Gasteiger partial charge >= 0.3 is 15.5 Å². The van der Waals surface area contributed by atoms with E-state index in [-0.39, 0.29) is 12.2 Å². The number of hydrogen-bond acceptors (Lipinski definition) is 2. The molecule has 0 spiro atoms. The molecule has 0 saturated heterocycles. The highest BCUT2D eigenvalue weighted by Gasteiger charge is 2.49. The molecule has 0 radical (unpaired) electrons. The molecule has 0 atom stereocenters. The highest BCUT2D eigenvalue weighted by molar-refractivity contribution is 7.93. The van der Waals surface area contributed by atoms with Crippen molar-refractivity contribution < 1.29 is 21.6 Å². The van der Waals surface area contributed by atoms with E-state index in [0.29, 0.717) is 10.2 Å². The molecule has 1 aliphatic carbocycles. The Morgan fingerprint density at radius 1 is 1.09 bits per heavy atom. The first-order valence-corrected chi connectivity index (χ1v) is 9.07. The van der Waals surface area contributed by atoms with Crippen LogP contribution in [0.15, 0.2) is 42.5 Å². The van der Waals surface area contributed by atoms with Gasteiger partial charge in [-0.3, -0.25) is 4.31 Å². The van der Waals surface area contributed by atoms with Crippen molar-refractivity contribution in [1.29, 1.82) is 0 Å². The molecular weight excluding hydrogens is 327 g/mol. The minimum atomic E-state index is -5.41. The quantitative estimate of drug-likeness (QED) is 0.737. The van der Waals surface area contributed by atoms with Crippen molar-refractivity contribution in [3.05, 3.63) is 42.5 Å². The number of nitrogens with zero attached hydrogens (tertiary/aromatic N) is 1. The summed E-state index contributed by atoms with van der Waals surface area (Å²) in [6, 6.07) is 7.37. The molecule has 0 N–H and O–H groups in total. The van der Waals surface area contributed by atoms with E-state index in [1.165, 1.54) is 36.8 Å². The van der Waals surface area contributed by atoms with Crippen molar-refractivity contribution in [1.82, 2.24) is 0 Å². The fourth-order valence-electron chi connectivity index (χ4n) is 2.74. The largest absolute Gasteiger partial charge is 0.516 e. The second kappa shape index (κ2) is 7.38. The molecule has 3 nitrogen and oxygen atoms in total. The van der Waals surface area contributed by atoms with E-state index in [1.54, 1.807) is 6.07 Å². The summed E-state index contributed by atoms with van der Waals surface area (Å²) in [5, 5.41) is 0. The second-order valence-corrected chi connectivity index (χ2v) is 7.50. The van der Waals surface area contributed by atoms with E-state index in [0.717, 1.165) is 25.7 Å². The summed E-state index contributed by atoms with van der Waals surface area (Å²) in [6.07, 6.45) is 8.80. The van der Waals surface area contributed by atoms with Gasteiger partial charge in [-0.25, -0.2) is 0 Å². The lowest BCUT2D eigenvalue weighted by Crippen LogP contribution is -2.41. The summed E-state index contributed by atoms with van der Waals surface area (Å²) in [5.74, 6) is 0.329. The summed E-state index contributed by atoms with van der Waals surface area (Å²) in [5.41, 5.74) is -5.31. The van der Waals surface area contributed by atoms with Crippen molar-refractivity contribution >= 4 is 15.7 Å². The van der Waals surface area contributed by atoms with Gasteiger partial charge in [-0.1, -0.05) is 49.6 Å². The Balaban J connectivity index is 2.19. The molecule has 1 saturated carbocycles. The molecule has 0 aliphatic heterocycles. The third-order valence-corrected chi connectivity index (χ3v) is 5.48. The zero-order chi connectivity index (χ0) is 16.9. The van der Waals surface area contributed by atoms with Crippen LogP contribution in [-0.2, 0) is 10.0 Å². The van der Waals surface area contributed by atoms with Crippen LogP contribution in [0.3, 0.4) is 0 Å². The molecular formula is C16H20F3NO2S. The smallest absolute Gasteiger partial charge is 0.259 e. The zero-order valence-corrected chi connectivity index (χ0v) is 13.5. The van der Waals surface area contributed by atoms with Gasteiger partial charge in [0.05, 0.1) is 12.2 Å². The third kappa shape index (κ3) is 4.50. The van der Waals surface area contributed by atoms with Gasteiger partial charge in [0.15, 0.2) is 0 Å². The van der Waals surface area contributed by atoms with Gasteiger partial charge in [-0.15, -0.1) is 0 Å². The van der Waals surface area contributed by atoms with Crippen LogP contribution >= 0.6 is 0 Å². The fraction of sp³-hybridized carbons (Fsp3) is 0.500. The first-order valence-electron chi connectivity index (χ1n) is 7.63. The van der Waals surface area contributed by atoms with E-state index in [1.807, 2.05) is 6.08 Å². The average molecular weight is 347 g/mol. The number of hydrogen-bond donors (Lipinski definition) is 0. The van der Waals surface area contributed by atoms with Crippen LogP contribution in [0.1, 0.15) is 32.1 Å². The normalized spacial score (nSPS) is 17.5. The Bertz CT molecular complexity index is 620. The Labute approximate surface area is 134 Å². The molecule has 2 rings (SSSR count). The van der Waals surface area contributed by atoms with E-state index >= 15 is 0 Å². The first kappa shape index (κ1) is 17.8. The number of alkyl halides is 3. The van der Waals surface area contributed by atoms with Crippen LogP contribution < -0.4 is 4.31 Å². The molecule has 0 unspecified atom stereocenters. The standard InChI is InChI=1S/C16H20F3NO2S/c17-16(18,19)23(21,22)20(15-11-5-2-6-12-15)13-7-10-14-8-3-1-4-9-14/h2,5-7,10-12,14H,1,3-4,8-9,13H2/b10-7+. The Morgan fingerprint density at radius 2 is 1.70 bits per heavy atom. The van der Waals surface area contributed by atoms with Crippen molar-refractivity contribution in [2.45, 2.75) is 37.6 Å². The predicted molar refractivity (Wildman–Crippen MR) is 84.5 cm³/mol. The molecule has 1 aromatic rings. The van der Waals surface area contributed by atoms with Gasteiger partial charge in [0, 0.05) is 0 Å². The second-order valence-electron chi connectivity index (χ2n) is 5.64. The molecule has 23 heavy (non-hydrogen) atoms. The number of sulfonamides is 1. The van der Waals surface area contributed by atoms with Gasteiger partial charge in [0.2, 0.25) is 0 Å². The van der Waals surface area contributed by atoms with Crippen LogP contribution in [0.5, 0.6) is 0 Å². The molecule has 1 aromatic carbocycles. The molecule has 1 fully saturated rings. The van der Waals surface area contributed by atoms with Crippen LogP contribution in [0, 0.1) is 5.92 Å². The number of allylic oxidation sites excluding steroid dienone is 1. The lowest BCUT2D eigenvalue weighted by atomic mass is 9.89. The Hall–Kier alpha value is -1.50. The monoisotopic (exact) mass is 347 g/mol. The van der Waals surface area contributed by atoms with Gasteiger partial charge in [-0.05, 0) is 30.9 Å². The molecule has 0 bridgehead atoms. The van der Waals surface area contributed by atoms with Crippen LogP contribution in [-0.4, -0.2) is 20.5 Å². The van der Waals surface area contributed by atoms with E-state index in [2.05, 4.69) is 0 Å². The molecule has 128 valence electrons. The molecule has 0 aromatic heterocycles. The van der Waals surface area contributed by atoms with Gasteiger partial charge in [0.1, 0.15) is 0 Å². The molecule has 1 aliphatic rings. The van der Waals surface area contributed by atoms with E-state index in [9.17, 15) is 21.6 Å². The van der Waals surface area contributed by atoms with Crippen LogP contribution in [0.2, 0.25) is 0 Å². The van der Waals surface area contributed by atoms with Gasteiger partial charge in [0.25, 0.3) is 0 Å². The van der Waals surface area contributed by atoms with Crippen LogP contribution in [0.25, 0.3) is 0 Å². The lowest BCUT2D eigenvalue weighted by molar-refractivity contribution is -0.0437. The minimum absolute atomic E-state index is 0.0121. The zero-order valence-electron chi connectivity index (χ0n) is 12.7. The van der Waals surface area contributed by atoms with Crippen molar-refractivity contribution in [3.63, 3.8) is 0 Å². The highest BCUT2D eigenvalue weighted by Crippen LogP contribution is 2.31. The number of rotatable bonds is 5. The maximum Gasteiger partial charge on any atom is 0.516 e.